The molecule has 1 N–H and O–H groups in total. The lowest BCUT2D eigenvalue weighted by Crippen LogP contribution is -2.22. The van der Waals surface area contributed by atoms with Gasteiger partial charge in [-0.3, -0.25) is 0 Å². The first kappa shape index (κ1) is 11.0. The van der Waals surface area contributed by atoms with Crippen LogP contribution >= 0.6 is 0 Å². The number of hydrogen-bond acceptors (Lipinski definition) is 2. The number of unbranched alkanes of at least 4 members (excludes halogenated alkanes) is 1. The summed E-state index contributed by atoms with van der Waals surface area (Å²) in [4.78, 5) is 0. The molecule has 1 aliphatic rings. The maximum absolute atomic E-state index is 10.7. The van der Waals surface area contributed by atoms with Gasteiger partial charge in [0.2, 0.25) is 10.0 Å². The van der Waals surface area contributed by atoms with Gasteiger partial charge in [0.1, 0.15) is 0 Å². The van der Waals surface area contributed by atoms with Gasteiger partial charge in [-0.1, -0.05) is 13.3 Å². The molecule has 0 atom stereocenters. The highest BCUT2D eigenvalue weighted by Gasteiger charge is 2.35. The molecule has 0 aromatic rings. The molecule has 0 unspecified atom stereocenters. The van der Waals surface area contributed by atoms with E-state index in [-0.39, 0.29) is 0 Å². The minimum Gasteiger partial charge on any atom is -0.215 e. The predicted molar refractivity (Wildman–Crippen MR) is 54.0 cm³/mol. The fourth-order valence-corrected chi connectivity index (χ4v) is 1.91. The van der Waals surface area contributed by atoms with Crippen molar-refractivity contribution in [1.29, 1.82) is 0 Å². The summed E-state index contributed by atoms with van der Waals surface area (Å²) < 4.78 is 23.9. The number of sulfonamides is 1. The van der Waals surface area contributed by atoms with Crippen LogP contribution in [0, 0.1) is 5.41 Å². The summed E-state index contributed by atoms with van der Waals surface area (Å²) in [5.74, 6) is 0. The SMILES string of the molecule is CC1(CCCCNS(C)(=O)=O)CC1. The molecule has 0 aromatic carbocycles. The lowest BCUT2D eigenvalue weighted by Gasteiger charge is -2.07. The maximum atomic E-state index is 10.7. The van der Waals surface area contributed by atoms with Gasteiger partial charge in [-0.2, -0.15) is 0 Å². The second kappa shape index (κ2) is 3.96. The van der Waals surface area contributed by atoms with E-state index in [0.29, 0.717) is 12.0 Å². The van der Waals surface area contributed by atoms with Crippen molar-refractivity contribution in [3.63, 3.8) is 0 Å². The predicted octanol–water partition coefficient (Wildman–Crippen LogP) is 1.51. The Hall–Kier alpha value is -0.0900. The molecular formula is C9H19NO2S. The van der Waals surface area contributed by atoms with Gasteiger partial charge in [-0.25, -0.2) is 13.1 Å². The van der Waals surface area contributed by atoms with Crippen molar-refractivity contribution in [2.45, 2.75) is 39.0 Å². The Morgan fingerprint density at radius 3 is 2.38 bits per heavy atom. The molecular weight excluding hydrogens is 186 g/mol. The monoisotopic (exact) mass is 205 g/mol. The highest BCUT2D eigenvalue weighted by atomic mass is 32.2. The quantitative estimate of drug-likeness (QED) is 0.668. The smallest absolute Gasteiger partial charge is 0.208 e. The van der Waals surface area contributed by atoms with Crippen LogP contribution in [0.5, 0.6) is 0 Å². The van der Waals surface area contributed by atoms with Crippen LogP contribution in [0.2, 0.25) is 0 Å². The van der Waals surface area contributed by atoms with E-state index in [1.807, 2.05) is 0 Å². The van der Waals surface area contributed by atoms with E-state index in [1.165, 1.54) is 25.5 Å². The molecule has 1 rings (SSSR count). The van der Waals surface area contributed by atoms with Gasteiger partial charge in [0.15, 0.2) is 0 Å². The second-order valence-corrected chi connectivity index (χ2v) is 6.27. The molecule has 78 valence electrons. The van der Waals surface area contributed by atoms with Crippen molar-refractivity contribution in [3.8, 4) is 0 Å². The van der Waals surface area contributed by atoms with Crippen molar-refractivity contribution in [3.05, 3.63) is 0 Å². The second-order valence-electron chi connectivity index (χ2n) is 4.43. The van der Waals surface area contributed by atoms with E-state index in [9.17, 15) is 8.42 Å². The fraction of sp³-hybridized carbons (Fsp3) is 1.00. The maximum Gasteiger partial charge on any atom is 0.208 e. The van der Waals surface area contributed by atoms with Crippen LogP contribution in [0.25, 0.3) is 0 Å². The van der Waals surface area contributed by atoms with Crippen LogP contribution in [0.1, 0.15) is 39.0 Å². The molecule has 13 heavy (non-hydrogen) atoms. The third-order valence-electron chi connectivity index (χ3n) is 2.67. The molecule has 0 amide bonds. The lowest BCUT2D eigenvalue weighted by atomic mass is 10.0. The van der Waals surface area contributed by atoms with Gasteiger partial charge < -0.3 is 0 Å². The van der Waals surface area contributed by atoms with Gasteiger partial charge in [-0.05, 0) is 31.1 Å². The van der Waals surface area contributed by atoms with E-state index in [0.717, 1.165) is 12.8 Å². The summed E-state index contributed by atoms with van der Waals surface area (Å²) in [5, 5.41) is 0. The highest BCUT2D eigenvalue weighted by molar-refractivity contribution is 7.88. The van der Waals surface area contributed by atoms with E-state index in [1.54, 1.807) is 0 Å². The molecule has 0 saturated heterocycles. The molecule has 4 heteroatoms. The number of rotatable bonds is 6. The summed E-state index contributed by atoms with van der Waals surface area (Å²) in [7, 11) is -2.97. The molecule has 1 fully saturated rings. The molecule has 1 aliphatic carbocycles. The Bertz CT molecular complexity index is 255. The molecule has 0 aliphatic heterocycles. The summed E-state index contributed by atoms with van der Waals surface area (Å²) in [6, 6.07) is 0. The third kappa shape index (κ3) is 5.26. The fourth-order valence-electron chi connectivity index (χ4n) is 1.40. The first-order valence-electron chi connectivity index (χ1n) is 4.86. The van der Waals surface area contributed by atoms with Crippen molar-refractivity contribution < 1.29 is 8.42 Å². The molecule has 0 spiro atoms. The van der Waals surface area contributed by atoms with Crippen LogP contribution in [0.4, 0.5) is 0 Å². The van der Waals surface area contributed by atoms with Crippen molar-refractivity contribution >= 4 is 10.0 Å². The average Bonchev–Trinajstić information content (AvgIpc) is 2.65. The Kier molecular flexibility index (Phi) is 3.35. The minimum absolute atomic E-state index is 0.592. The van der Waals surface area contributed by atoms with E-state index in [2.05, 4.69) is 11.6 Å². The summed E-state index contributed by atoms with van der Waals surface area (Å²) in [6.07, 6.45) is 7.26. The topological polar surface area (TPSA) is 46.2 Å². The first-order chi connectivity index (χ1) is 5.91. The van der Waals surface area contributed by atoms with Crippen molar-refractivity contribution in [2.24, 2.45) is 5.41 Å². The van der Waals surface area contributed by atoms with E-state index in [4.69, 9.17) is 0 Å². The Balaban J connectivity index is 1.96. The first-order valence-corrected chi connectivity index (χ1v) is 6.75. The zero-order chi connectivity index (χ0) is 9.95. The number of nitrogens with one attached hydrogen (secondary N) is 1. The molecule has 0 bridgehead atoms. The van der Waals surface area contributed by atoms with Crippen LogP contribution < -0.4 is 4.72 Å². The van der Waals surface area contributed by atoms with Crippen molar-refractivity contribution in [2.75, 3.05) is 12.8 Å². The minimum atomic E-state index is -2.97. The lowest BCUT2D eigenvalue weighted by molar-refractivity contribution is 0.481. The average molecular weight is 205 g/mol. The van der Waals surface area contributed by atoms with Gasteiger partial charge in [0.05, 0.1) is 6.26 Å². The Labute approximate surface area is 81.0 Å². The van der Waals surface area contributed by atoms with Crippen molar-refractivity contribution in [1.82, 2.24) is 4.72 Å². The summed E-state index contributed by atoms with van der Waals surface area (Å²) >= 11 is 0. The zero-order valence-corrected chi connectivity index (χ0v) is 9.28. The van der Waals surface area contributed by atoms with Gasteiger partial charge >= 0.3 is 0 Å². The Morgan fingerprint density at radius 2 is 1.92 bits per heavy atom. The van der Waals surface area contributed by atoms with Crippen LogP contribution in [-0.2, 0) is 10.0 Å². The van der Waals surface area contributed by atoms with Gasteiger partial charge in [-0.15, -0.1) is 0 Å². The van der Waals surface area contributed by atoms with Gasteiger partial charge in [0.25, 0.3) is 0 Å². The molecule has 0 radical (unpaired) electrons. The van der Waals surface area contributed by atoms with E-state index >= 15 is 0 Å². The number of hydrogen-bond donors (Lipinski definition) is 1. The summed E-state index contributed by atoms with van der Waals surface area (Å²) in [5.41, 5.74) is 0.602. The largest absolute Gasteiger partial charge is 0.215 e. The van der Waals surface area contributed by atoms with Gasteiger partial charge in [0, 0.05) is 6.54 Å². The highest BCUT2D eigenvalue weighted by Crippen LogP contribution is 2.48. The normalized spacial score (nSPS) is 20.2. The molecule has 1 saturated carbocycles. The molecule has 3 nitrogen and oxygen atoms in total. The standard InChI is InChI=1S/C9H19NO2S/c1-9(6-7-9)5-3-4-8-10-13(2,11)12/h10H,3-8H2,1-2H3. The van der Waals surface area contributed by atoms with Crippen LogP contribution in [-0.4, -0.2) is 21.2 Å². The molecule has 0 aromatic heterocycles. The zero-order valence-electron chi connectivity index (χ0n) is 8.47. The molecule has 0 heterocycles. The van der Waals surface area contributed by atoms with E-state index < -0.39 is 10.0 Å². The Morgan fingerprint density at radius 1 is 1.31 bits per heavy atom. The summed E-state index contributed by atoms with van der Waals surface area (Å²) in [6.45, 7) is 2.89. The third-order valence-corrected chi connectivity index (χ3v) is 3.40. The van der Waals surface area contributed by atoms with Crippen LogP contribution in [0.15, 0.2) is 0 Å². The van der Waals surface area contributed by atoms with Crippen LogP contribution in [0.3, 0.4) is 0 Å².